The lowest BCUT2D eigenvalue weighted by Gasteiger charge is -2.32. The lowest BCUT2D eigenvalue weighted by molar-refractivity contribution is -0.137. The Morgan fingerprint density at radius 1 is 0.969 bits per heavy atom. The number of rotatable bonds is 3. The molecule has 7 heteroatoms. The van der Waals surface area contributed by atoms with Crippen molar-refractivity contribution in [2.45, 2.75) is 95.7 Å². The summed E-state index contributed by atoms with van der Waals surface area (Å²) < 4.78 is 1.63. The minimum Gasteiger partial charge on any atom is -0.334 e. The molecule has 6 rings (SSSR count). The second-order valence-corrected chi connectivity index (χ2v) is 10.4. The number of fused-ring (bicyclic) bond motifs is 2. The summed E-state index contributed by atoms with van der Waals surface area (Å²) >= 11 is 0. The molecule has 2 aromatic rings. The minimum absolute atomic E-state index is 0.0394. The van der Waals surface area contributed by atoms with Gasteiger partial charge in [0.1, 0.15) is 0 Å². The standard InChI is InChI=1S/C25H35N5O2/c31-24(17-7-2-1-3-8-17)29-13-6-11-22(29)21-15-23-26-20-12-14-28(18-9-4-5-10-18)16-19(20)25(32)30(23)27-21/h15,17-18,22,27H,1-14,16H2/t22-/m1/s1. The molecule has 1 N–H and O–H groups in total. The van der Waals surface area contributed by atoms with Crippen LogP contribution in [0, 0.1) is 5.92 Å². The van der Waals surface area contributed by atoms with Crippen molar-refractivity contribution in [2.75, 3.05) is 13.1 Å². The Morgan fingerprint density at radius 3 is 2.56 bits per heavy atom. The Hall–Kier alpha value is -2.15. The number of aromatic amines is 1. The van der Waals surface area contributed by atoms with E-state index in [1.54, 1.807) is 4.52 Å². The van der Waals surface area contributed by atoms with Crippen molar-refractivity contribution in [3.63, 3.8) is 0 Å². The first kappa shape index (κ1) is 20.5. The number of nitrogens with zero attached hydrogens (tertiary/aromatic N) is 4. The molecule has 0 spiro atoms. The molecule has 3 fully saturated rings. The molecule has 2 aliphatic carbocycles. The van der Waals surface area contributed by atoms with Gasteiger partial charge in [0.15, 0.2) is 5.65 Å². The minimum atomic E-state index is 0.0394. The molecular formula is C25H35N5O2. The van der Waals surface area contributed by atoms with Gasteiger partial charge in [-0.2, -0.15) is 0 Å². The van der Waals surface area contributed by atoms with Crippen molar-refractivity contribution in [1.82, 2.24) is 24.4 Å². The first-order chi connectivity index (χ1) is 15.7. The molecule has 32 heavy (non-hydrogen) atoms. The Kier molecular flexibility index (Phi) is 5.32. The van der Waals surface area contributed by atoms with E-state index >= 15 is 0 Å². The SMILES string of the molecule is O=C(C1CCCCC1)N1CCC[C@@H]1c1cc2nc3c(c(=O)n2[nH]1)CN(C1CCCC1)CC3. The van der Waals surface area contributed by atoms with Crippen LogP contribution in [0.4, 0.5) is 0 Å². The van der Waals surface area contributed by atoms with Crippen LogP contribution in [-0.4, -0.2) is 49.4 Å². The highest BCUT2D eigenvalue weighted by Crippen LogP contribution is 2.35. The fourth-order valence-electron chi connectivity index (χ4n) is 6.71. The second-order valence-electron chi connectivity index (χ2n) is 10.4. The quantitative estimate of drug-likeness (QED) is 0.797. The van der Waals surface area contributed by atoms with Crippen LogP contribution in [-0.2, 0) is 17.8 Å². The molecule has 7 nitrogen and oxygen atoms in total. The Balaban J connectivity index is 1.28. The van der Waals surface area contributed by atoms with Crippen LogP contribution >= 0.6 is 0 Å². The molecule has 2 aromatic heterocycles. The maximum absolute atomic E-state index is 13.4. The van der Waals surface area contributed by atoms with E-state index in [0.717, 1.165) is 68.7 Å². The van der Waals surface area contributed by atoms with Gasteiger partial charge in [-0.3, -0.25) is 19.6 Å². The first-order valence-corrected chi connectivity index (χ1v) is 12.9. The number of aromatic nitrogens is 3. The van der Waals surface area contributed by atoms with E-state index in [4.69, 9.17) is 4.98 Å². The molecule has 1 atom stereocenters. The summed E-state index contributed by atoms with van der Waals surface area (Å²) in [6, 6.07) is 2.68. The van der Waals surface area contributed by atoms with Crippen LogP contribution < -0.4 is 5.56 Å². The molecule has 2 saturated carbocycles. The van der Waals surface area contributed by atoms with Crippen LogP contribution in [0.5, 0.6) is 0 Å². The summed E-state index contributed by atoms with van der Waals surface area (Å²) in [5.41, 5.74) is 3.54. The zero-order valence-electron chi connectivity index (χ0n) is 19.0. The zero-order chi connectivity index (χ0) is 21.7. The van der Waals surface area contributed by atoms with E-state index in [9.17, 15) is 9.59 Å². The normalized spacial score (nSPS) is 25.6. The number of H-pyrrole nitrogens is 1. The zero-order valence-corrected chi connectivity index (χ0v) is 19.0. The topological polar surface area (TPSA) is 73.7 Å². The third-order valence-corrected chi connectivity index (χ3v) is 8.50. The van der Waals surface area contributed by atoms with Crippen molar-refractivity contribution in [1.29, 1.82) is 0 Å². The van der Waals surface area contributed by atoms with Gasteiger partial charge in [0, 0.05) is 44.1 Å². The molecule has 4 heterocycles. The van der Waals surface area contributed by atoms with E-state index in [-0.39, 0.29) is 17.5 Å². The molecule has 0 bridgehead atoms. The number of carbonyl (C=O) groups excluding carboxylic acids is 1. The predicted molar refractivity (Wildman–Crippen MR) is 122 cm³/mol. The molecule has 0 radical (unpaired) electrons. The Labute approximate surface area is 189 Å². The lowest BCUT2D eigenvalue weighted by Crippen LogP contribution is -2.41. The van der Waals surface area contributed by atoms with Gasteiger partial charge in [-0.15, -0.1) is 0 Å². The number of carbonyl (C=O) groups is 1. The van der Waals surface area contributed by atoms with E-state index in [2.05, 4.69) is 14.9 Å². The molecule has 172 valence electrons. The average molecular weight is 438 g/mol. The number of amides is 1. The van der Waals surface area contributed by atoms with Crippen molar-refractivity contribution in [2.24, 2.45) is 5.92 Å². The molecule has 1 saturated heterocycles. The maximum Gasteiger partial charge on any atom is 0.277 e. The fraction of sp³-hybridized carbons (Fsp3) is 0.720. The smallest absolute Gasteiger partial charge is 0.277 e. The number of hydrogen-bond donors (Lipinski definition) is 1. The molecule has 2 aliphatic heterocycles. The first-order valence-electron chi connectivity index (χ1n) is 12.9. The highest BCUT2D eigenvalue weighted by Gasteiger charge is 2.36. The van der Waals surface area contributed by atoms with Gasteiger partial charge < -0.3 is 4.90 Å². The summed E-state index contributed by atoms with van der Waals surface area (Å²) in [5, 5.41) is 3.36. The summed E-state index contributed by atoms with van der Waals surface area (Å²) in [6.45, 7) is 2.55. The van der Waals surface area contributed by atoms with Crippen LogP contribution in [0.2, 0.25) is 0 Å². The predicted octanol–water partition coefficient (Wildman–Crippen LogP) is 3.57. The monoisotopic (exact) mass is 437 g/mol. The van der Waals surface area contributed by atoms with Gasteiger partial charge in [0.05, 0.1) is 23.0 Å². The summed E-state index contributed by atoms with van der Waals surface area (Å²) in [4.78, 5) is 36.1. The molecule has 1 amide bonds. The number of nitrogens with one attached hydrogen (secondary N) is 1. The van der Waals surface area contributed by atoms with Gasteiger partial charge in [0.2, 0.25) is 5.91 Å². The van der Waals surface area contributed by atoms with Gasteiger partial charge in [-0.1, -0.05) is 32.1 Å². The molecular weight excluding hydrogens is 402 g/mol. The Morgan fingerprint density at radius 2 is 1.75 bits per heavy atom. The third kappa shape index (κ3) is 3.49. The second kappa shape index (κ2) is 8.32. The molecule has 0 aromatic carbocycles. The van der Waals surface area contributed by atoms with Gasteiger partial charge in [-0.05, 0) is 38.5 Å². The van der Waals surface area contributed by atoms with Gasteiger partial charge in [-0.25, -0.2) is 9.50 Å². The molecule has 0 unspecified atom stereocenters. The number of hydrogen-bond acceptors (Lipinski definition) is 4. The van der Waals surface area contributed by atoms with Crippen LogP contribution in [0.1, 0.15) is 93.6 Å². The summed E-state index contributed by atoms with van der Waals surface area (Å²) in [7, 11) is 0. The largest absolute Gasteiger partial charge is 0.334 e. The van der Waals surface area contributed by atoms with Crippen LogP contribution in [0.15, 0.2) is 10.9 Å². The maximum atomic E-state index is 13.4. The third-order valence-electron chi connectivity index (χ3n) is 8.50. The van der Waals surface area contributed by atoms with E-state index in [1.807, 2.05) is 6.07 Å². The van der Waals surface area contributed by atoms with E-state index < -0.39 is 0 Å². The average Bonchev–Trinajstić information content (AvgIpc) is 3.59. The van der Waals surface area contributed by atoms with E-state index in [1.165, 1.54) is 44.9 Å². The lowest BCUT2D eigenvalue weighted by atomic mass is 9.88. The van der Waals surface area contributed by atoms with Crippen LogP contribution in [0.3, 0.4) is 0 Å². The van der Waals surface area contributed by atoms with Crippen LogP contribution in [0.25, 0.3) is 5.65 Å². The van der Waals surface area contributed by atoms with Crippen molar-refractivity contribution >= 4 is 11.6 Å². The van der Waals surface area contributed by atoms with Crippen molar-refractivity contribution in [3.8, 4) is 0 Å². The summed E-state index contributed by atoms with van der Waals surface area (Å²) in [6.07, 6.45) is 13.6. The highest BCUT2D eigenvalue weighted by atomic mass is 16.2. The van der Waals surface area contributed by atoms with E-state index in [0.29, 0.717) is 17.6 Å². The van der Waals surface area contributed by atoms with Crippen molar-refractivity contribution < 1.29 is 4.79 Å². The van der Waals surface area contributed by atoms with Gasteiger partial charge >= 0.3 is 0 Å². The Bertz CT molecular complexity index is 1060. The summed E-state index contributed by atoms with van der Waals surface area (Å²) in [5.74, 6) is 0.501. The molecule has 4 aliphatic rings. The number of likely N-dealkylation sites (tertiary alicyclic amines) is 1. The highest BCUT2D eigenvalue weighted by molar-refractivity contribution is 5.79. The fourth-order valence-corrected chi connectivity index (χ4v) is 6.71. The van der Waals surface area contributed by atoms with Gasteiger partial charge in [0.25, 0.3) is 5.56 Å². The van der Waals surface area contributed by atoms with Crippen molar-refractivity contribution in [3.05, 3.63) is 33.4 Å².